The molecule has 0 unspecified atom stereocenters. The van der Waals surface area contributed by atoms with Crippen molar-refractivity contribution in [2.75, 3.05) is 45.3 Å². The van der Waals surface area contributed by atoms with Crippen molar-refractivity contribution in [1.82, 2.24) is 19.2 Å². The van der Waals surface area contributed by atoms with Crippen LogP contribution in [0.15, 0.2) is 52.2 Å². The van der Waals surface area contributed by atoms with Gasteiger partial charge in [0.1, 0.15) is 22.4 Å². The number of ether oxygens (including phenoxy) is 1. The summed E-state index contributed by atoms with van der Waals surface area (Å²) in [6.07, 6.45) is 1.93. The van der Waals surface area contributed by atoms with Gasteiger partial charge in [0.15, 0.2) is 6.73 Å². The third-order valence-corrected chi connectivity index (χ3v) is 6.12. The van der Waals surface area contributed by atoms with E-state index < -0.39 is 0 Å². The Labute approximate surface area is 192 Å². The van der Waals surface area contributed by atoms with E-state index in [1.807, 2.05) is 44.2 Å². The molecule has 1 fully saturated rings. The second-order valence-corrected chi connectivity index (χ2v) is 8.73. The molecule has 1 aliphatic rings. The van der Waals surface area contributed by atoms with Crippen molar-refractivity contribution >= 4 is 40.0 Å². The van der Waals surface area contributed by atoms with Gasteiger partial charge in [-0.05, 0) is 69.5 Å². The van der Waals surface area contributed by atoms with E-state index in [0.29, 0.717) is 5.82 Å². The van der Waals surface area contributed by atoms with E-state index in [1.54, 1.807) is 0 Å². The zero-order chi connectivity index (χ0) is 22.5. The topological polar surface area (TPSA) is 81.1 Å². The number of hydrogen-bond acceptors (Lipinski definition) is 7. The van der Waals surface area contributed by atoms with Gasteiger partial charge in [0.05, 0.1) is 5.69 Å². The van der Waals surface area contributed by atoms with Crippen molar-refractivity contribution in [1.29, 1.82) is 0 Å². The first-order valence-corrected chi connectivity index (χ1v) is 11.4. The van der Waals surface area contributed by atoms with Gasteiger partial charge in [0.25, 0.3) is 0 Å². The molecule has 0 aliphatic carbocycles. The van der Waals surface area contributed by atoms with Crippen molar-refractivity contribution < 1.29 is 4.74 Å². The van der Waals surface area contributed by atoms with Crippen LogP contribution in [-0.4, -0.2) is 71.7 Å². The molecule has 8 nitrogen and oxygen atoms in total. The molecule has 32 heavy (non-hydrogen) atoms. The van der Waals surface area contributed by atoms with E-state index in [9.17, 15) is 0 Å². The third-order valence-electron chi connectivity index (χ3n) is 5.33. The third kappa shape index (κ3) is 5.54. The highest BCUT2D eigenvalue weighted by Gasteiger charge is 2.17. The van der Waals surface area contributed by atoms with Crippen LogP contribution in [0.1, 0.15) is 11.4 Å². The Hall–Kier alpha value is -3.17. The monoisotopic (exact) mass is 451 g/mol. The number of fused-ring (bicyclic) bond motifs is 1. The van der Waals surface area contributed by atoms with Crippen LogP contribution in [0.3, 0.4) is 0 Å². The second-order valence-electron chi connectivity index (χ2n) is 7.93. The van der Waals surface area contributed by atoms with E-state index in [4.69, 9.17) is 9.73 Å². The standard InChI is InChI=1S/C23H29N7OS/c1-16-11-18-13-19(5-6-20(18)26-16)31-15-25-22(30-9-7-29(4)8-10-30)14-21(24-3)27-23-12-17(2)28-32-23/h5-6,11-14,26-27H,3,7-10,15H2,1-2,4H3/b21-14+,25-22+. The Morgan fingerprint density at radius 1 is 1.25 bits per heavy atom. The minimum Gasteiger partial charge on any atom is -0.471 e. The molecule has 0 atom stereocenters. The normalized spacial score (nSPS) is 15.9. The lowest BCUT2D eigenvalue weighted by Crippen LogP contribution is -2.47. The van der Waals surface area contributed by atoms with E-state index >= 15 is 0 Å². The predicted octanol–water partition coefficient (Wildman–Crippen LogP) is 3.88. The minimum atomic E-state index is 0.219. The van der Waals surface area contributed by atoms with Crippen LogP contribution in [0.5, 0.6) is 5.75 Å². The first-order valence-electron chi connectivity index (χ1n) is 10.6. The van der Waals surface area contributed by atoms with E-state index in [-0.39, 0.29) is 6.73 Å². The molecular weight excluding hydrogens is 422 g/mol. The molecule has 9 heteroatoms. The lowest BCUT2D eigenvalue weighted by atomic mass is 10.2. The number of aromatic nitrogens is 2. The van der Waals surface area contributed by atoms with Gasteiger partial charge >= 0.3 is 0 Å². The van der Waals surface area contributed by atoms with Crippen molar-refractivity contribution in [3.63, 3.8) is 0 Å². The van der Waals surface area contributed by atoms with Crippen LogP contribution in [0, 0.1) is 13.8 Å². The quantitative estimate of drug-likeness (QED) is 0.421. The maximum Gasteiger partial charge on any atom is 0.181 e. The van der Waals surface area contributed by atoms with E-state index in [1.165, 1.54) is 11.5 Å². The van der Waals surface area contributed by atoms with Gasteiger partial charge in [-0.15, -0.1) is 0 Å². The maximum atomic E-state index is 5.96. The van der Waals surface area contributed by atoms with Crippen molar-refractivity contribution in [3.8, 4) is 5.75 Å². The maximum absolute atomic E-state index is 5.96. The van der Waals surface area contributed by atoms with Gasteiger partial charge in [-0.1, -0.05) is 0 Å². The molecule has 0 bridgehead atoms. The van der Waals surface area contributed by atoms with E-state index in [2.05, 4.69) is 49.3 Å². The smallest absolute Gasteiger partial charge is 0.181 e. The Morgan fingerprint density at radius 3 is 2.78 bits per heavy atom. The van der Waals surface area contributed by atoms with Crippen LogP contribution in [-0.2, 0) is 0 Å². The largest absolute Gasteiger partial charge is 0.471 e. The Kier molecular flexibility index (Phi) is 6.87. The summed E-state index contributed by atoms with van der Waals surface area (Å²) in [5.74, 6) is 2.26. The van der Waals surface area contributed by atoms with Gasteiger partial charge in [0, 0.05) is 48.9 Å². The second kappa shape index (κ2) is 9.97. The summed E-state index contributed by atoms with van der Waals surface area (Å²) in [5.41, 5.74) is 3.20. The van der Waals surface area contributed by atoms with Crippen molar-refractivity contribution in [3.05, 3.63) is 53.6 Å². The lowest BCUT2D eigenvalue weighted by Gasteiger charge is -2.33. The SMILES string of the molecule is C=N/C(=C\C(=N/COc1ccc2[nH]c(C)cc2c1)N1CCN(C)CC1)Nc1cc(C)ns1. The summed E-state index contributed by atoms with van der Waals surface area (Å²) < 4.78 is 10.3. The number of aromatic amines is 1. The number of anilines is 1. The fraction of sp³-hybridized carbons (Fsp3) is 0.348. The molecular formula is C23H29N7OS. The number of rotatable bonds is 7. The molecule has 1 aliphatic heterocycles. The first kappa shape index (κ1) is 22.0. The van der Waals surface area contributed by atoms with Gasteiger partial charge in [-0.25, -0.2) is 9.98 Å². The Bertz CT molecular complexity index is 1140. The number of aliphatic imine (C=N–C) groups is 2. The van der Waals surface area contributed by atoms with Crippen LogP contribution in [0.2, 0.25) is 0 Å². The number of aryl methyl sites for hydroxylation is 2. The highest BCUT2D eigenvalue weighted by Crippen LogP contribution is 2.22. The average Bonchev–Trinajstić information content (AvgIpc) is 3.36. The molecule has 0 radical (unpaired) electrons. The average molecular weight is 452 g/mol. The number of hydrogen-bond donors (Lipinski definition) is 2. The first-order chi connectivity index (χ1) is 15.5. The van der Waals surface area contributed by atoms with Gasteiger partial charge in [-0.3, -0.25) is 0 Å². The number of likely N-dealkylation sites (N-methyl/N-ethyl adjacent to an activating group) is 1. The van der Waals surface area contributed by atoms with E-state index in [0.717, 1.165) is 65.1 Å². The summed E-state index contributed by atoms with van der Waals surface area (Å²) >= 11 is 1.40. The molecule has 2 N–H and O–H groups in total. The van der Waals surface area contributed by atoms with Crippen molar-refractivity contribution in [2.45, 2.75) is 13.8 Å². The van der Waals surface area contributed by atoms with Crippen molar-refractivity contribution in [2.24, 2.45) is 9.98 Å². The highest BCUT2D eigenvalue weighted by molar-refractivity contribution is 7.10. The molecule has 2 aromatic heterocycles. The fourth-order valence-electron chi connectivity index (χ4n) is 3.58. The molecule has 1 aromatic carbocycles. The zero-order valence-corrected chi connectivity index (χ0v) is 19.6. The fourth-order valence-corrected chi connectivity index (χ4v) is 4.25. The van der Waals surface area contributed by atoms with Gasteiger partial charge < -0.3 is 24.8 Å². The van der Waals surface area contributed by atoms with Gasteiger partial charge in [-0.2, -0.15) is 4.37 Å². The lowest BCUT2D eigenvalue weighted by molar-refractivity contribution is 0.214. The molecule has 1 saturated heterocycles. The molecule has 4 rings (SSSR count). The molecule has 168 valence electrons. The number of nitrogens with one attached hydrogen (secondary N) is 2. The number of nitrogens with zero attached hydrogens (tertiary/aromatic N) is 5. The molecule has 3 aromatic rings. The zero-order valence-electron chi connectivity index (χ0n) is 18.8. The van der Waals surface area contributed by atoms with Gasteiger partial charge in [0.2, 0.25) is 0 Å². The molecule has 0 amide bonds. The molecule has 3 heterocycles. The number of amidine groups is 1. The summed E-state index contributed by atoms with van der Waals surface area (Å²) in [5, 5.41) is 5.34. The summed E-state index contributed by atoms with van der Waals surface area (Å²) in [6.45, 7) is 11.7. The van der Waals surface area contributed by atoms with Crippen LogP contribution >= 0.6 is 11.5 Å². The highest BCUT2D eigenvalue weighted by atomic mass is 32.1. The number of H-pyrrole nitrogens is 1. The summed E-state index contributed by atoms with van der Waals surface area (Å²) in [7, 11) is 2.14. The molecule has 0 spiro atoms. The van der Waals surface area contributed by atoms with Crippen LogP contribution < -0.4 is 10.1 Å². The van der Waals surface area contributed by atoms with Crippen LogP contribution in [0.25, 0.3) is 10.9 Å². The Balaban J connectivity index is 1.51. The minimum absolute atomic E-state index is 0.219. The summed E-state index contributed by atoms with van der Waals surface area (Å²) in [4.78, 5) is 16.8. The summed E-state index contributed by atoms with van der Waals surface area (Å²) in [6, 6.07) is 10.1. The van der Waals surface area contributed by atoms with Crippen LogP contribution in [0.4, 0.5) is 5.00 Å². The number of piperazine rings is 1. The molecule has 0 saturated carbocycles. The number of benzene rings is 1. The predicted molar refractivity (Wildman–Crippen MR) is 133 cm³/mol. The Morgan fingerprint density at radius 2 is 2.06 bits per heavy atom.